The van der Waals surface area contributed by atoms with Crippen LogP contribution in [0, 0.1) is 0 Å². The number of fused-ring (bicyclic) bond motifs is 1. The number of aliphatic hydroxyl groups excluding tert-OH is 1. The van der Waals surface area contributed by atoms with E-state index in [1.807, 2.05) is 12.1 Å². The van der Waals surface area contributed by atoms with Crippen LogP contribution in [0.15, 0.2) is 30.7 Å². The zero-order chi connectivity index (χ0) is 15.3. The van der Waals surface area contributed by atoms with Gasteiger partial charge in [-0.05, 0) is 30.5 Å². The Bertz CT molecular complexity index is 866. The first kappa shape index (κ1) is 13.1. The predicted molar refractivity (Wildman–Crippen MR) is 86.0 cm³/mol. The molecule has 3 aromatic rings. The fourth-order valence-corrected chi connectivity index (χ4v) is 2.87. The fraction of sp³-hybridized carbons (Fsp3) is 0.250. The van der Waals surface area contributed by atoms with Gasteiger partial charge in [-0.1, -0.05) is 6.07 Å². The summed E-state index contributed by atoms with van der Waals surface area (Å²) < 4.78 is 2.18. The normalized spacial score (nSPS) is 14.6. The molecule has 0 spiro atoms. The van der Waals surface area contributed by atoms with Crippen molar-refractivity contribution in [2.45, 2.75) is 25.5 Å². The molecule has 1 saturated carbocycles. The summed E-state index contributed by atoms with van der Waals surface area (Å²) in [7, 11) is 0. The van der Waals surface area contributed by atoms with E-state index >= 15 is 0 Å². The number of benzene rings is 1. The average Bonchev–Trinajstić information content (AvgIpc) is 3.29. The molecule has 4 rings (SSSR count). The van der Waals surface area contributed by atoms with Gasteiger partial charge in [-0.15, -0.1) is 0 Å². The van der Waals surface area contributed by atoms with E-state index in [0.29, 0.717) is 23.1 Å². The van der Waals surface area contributed by atoms with E-state index in [4.69, 9.17) is 11.5 Å². The molecule has 0 amide bonds. The van der Waals surface area contributed by atoms with E-state index in [-0.39, 0.29) is 6.61 Å². The van der Waals surface area contributed by atoms with Crippen molar-refractivity contribution in [3.8, 4) is 11.1 Å². The van der Waals surface area contributed by atoms with E-state index in [1.54, 1.807) is 6.07 Å². The maximum Gasteiger partial charge on any atom is 0.146 e. The third-order valence-electron chi connectivity index (χ3n) is 4.20. The minimum Gasteiger partial charge on any atom is -0.398 e. The van der Waals surface area contributed by atoms with Gasteiger partial charge in [-0.3, -0.25) is 0 Å². The van der Waals surface area contributed by atoms with Crippen LogP contribution in [0.25, 0.3) is 22.2 Å². The van der Waals surface area contributed by atoms with E-state index in [1.165, 1.54) is 6.33 Å². The second-order valence-corrected chi connectivity index (χ2v) is 5.71. The first-order valence-corrected chi connectivity index (χ1v) is 7.29. The van der Waals surface area contributed by atoms with Crippen LogP contribution in [0.3, 0.4) is 0 Å². The topological polar surface area (TPSA) is 103 Å². The maximum atomic E-state index is 9.43. The highest BCUT2D eigenvalue weighted by molar-refractivity contribution is 6.01. The average molecular weight is 295 g/mol. The molecule has 1 fully saturated rings. The molecule has 6 heteroatoms. The predicted octanol–water partition coefficient (Wildman–Crippen LogP) is 2.09. The highest BCUT2D eigenvalue weighted by Crippen LogP contribution is 2.42. The lowest BCUT2D eigenvalue weighted by Gasteiger charge is -2.06. The molecule has 6 nitrogen and oxygen atoms in total. The van der Waals surface area contributed by atoms with Gasteiger partial charge in [0.1, 0.15) is 17.8 Å². The SMILES string of the molecule is Nc1ccc(-c2cn(C3CC3)c3ncnc(N)c23)cc1CO. The lowest BCUT2D eigenvalue weighted by molar-refractivity contribution is 0.282. The number of nitrogens with two attached hydrogens (primary N) is 2. The van der Waals surface area contributed by atoms with Gasteiger partial charge in [0, 0.05) is 29.1 Å². The molecule has 1 aromatic carbocycles. The lowest BCUT2D eigenvalue weighted by Crippen LogP contribution is -1.96. The first-order valence-electron chi connectivity index (χ1n) is 7.29. The largest absolute Gasteiger partial charge is 0.398 e. The number of aromatic nitrogens is 3. The second-order valence-electron chi connectivity index (χ2n) is 5.71. The molecular formula is C16H17N5O. The van der Waals surface area contributed by atoms with Crippen molar-refractivity contribution in [2.75, 3.05) is 11.5 Å². The second kappa shape index (κ2) is 4.71. The van der Waals surface area contributed by atoms with Gasteiger partial charge >= 0.3 is 0 Å². The van der Waals surface area contributed by atoms with Crippen LogP contribution in [0.2, 0.25) is 0 Å². The Morgan fingerprint density at radius 3 is 2.77 bits per heavy atom. The summed E-state index contributed by atoms with van der Waals surface area (Å²) in [4.78, 5) is 8.53. The molecule has 0 bridgehead atoms. The van der Waals surface area contributed by atoms with Crippen LogP contribution in [0.4, 0.5) is 11.5 Å². The molecule has 112 valence electrons. The standard InChI is InChI=1S/C16H17N5O/c17-13-4-1-9(5-10(13)7-22)12-6-21(11-2-3-11)16-14(12)15(18)19-8-20-16/h1,4-6,8,11,22H,2-3,7,17H2,(H2,18,19,20). The van der Waals surface area contributed by atoms with Crippen LogP contribution >= 0.6 is 0 Å². The van der Waals surface area contributed by atoms with Crippen LogP contribution in [0.5, 0.6) is 0 Å². The molecule has 1 aliphatic rings. The van der Waals surface area contributed by atoms with Crippen molar-refractivity contribution in [3.05, 3.63) is 36.3 Å². The maximum absolute atomic E-state index is 9.43. The third-order valence-corrected chi connectivity index (χ3v) is 4.20. The van der Waals surface area contributed by atoms with Crippen LogP contribution in [0.1, 0.15) is 24.4 Å². The van der Waals surface area contributed by atoms with Crippen molar-refractivity contribution in [1.82, 2.24) is 14.5 Å². The molecule has 2 heterocycles. The zero-order valence-corrected chi connectivity index (χ0v) is 12.0. The smallest absolute Gasteiger partial charge is 0.146 e. The van der Waals surface area contributed by atoms with Crippen molar-refractivity contribution in [2.24, 2.45) is 0 Å². The van der Waals surface area contributed by atoms with Crippen molar-refractivity contribution < 1.29 is 5.11 Å². The lowest BCUT2D eigenvalue weighted by atomic mass is 10.0. The molecule has 5 N–H and O–H groups in total. The number of nitrogen functional groups attached to an aromatic ring is 2. The Morgan fingerprint density at radius 2 is 2.05 bits per heavy atom. The molecule has 0 radical (unpaired) electrons. The van der Waals surface area contributed by atoms with Gasteiger partial charge in [0.25, 0.3) is 0 Å². The van der Waals surface area contributed by atoms with Crippen molar-refractivity contribution >= 4 is 22.5 Å². The third kappa shape index (κ3) is 1.92. The summed E-state index contributed by atoms with van der Waals surface area (Å²) in [5, 5.41) is 10.3. The summed E-state index contributed by atoms with van der Waals surface area (Å²) >= 11 is 0. The van der Waals surface area contributed by atoms with Crippen molar-refractivity contribution in [3.63, 3.8) is 0 Å². The quantitative estimate of drug-likeness (QED) is 0.642. The summed E-state index contributed by atoms with van der Waals surface area (Å²) in [6.45, 7) is -0.0904. The number of anilines is 2. The van der Waals surface area contributed by atoms with Gasteiger partial charge < -0.3 is 21.1 Å². The van der Waals surface area contributed by atoms with E-state index in [2.05, 4.69) is 20.7 Å². The molecule has 2 aromatic heterocycles. The Labute approximate surface area is 127 Å². The molecular weight excluding hydrogens is 278 g/mol. The van der Waals surface area contributed by atoms with Gasteiger partial charge in [-0.25, -0.2) is 9.97 Å². The highest BCUT2D eigenvalue weighted by Gasteiger charge is 2.27. The fourth-order valence-electron chi connectivity index (χ4n) is 2.87. The van der Waals surface area contributed by atoms with E-state index in [9.17, 15) is 5.11 Å². The number of aliphatic hydroxyl groups is 1. The number of hydrogen-bond acceptors (Lipinski definition) is 5. The number of hydrogen-bond donors (Lipinski definition) is 3. The molecule has 1 aliphatic carbocycles. The van der Waals surface area contributed by atoms with Crippen LogP contribution in [-0.4, -0.2) is 19.6 Å². The van der Waals surface area contributed by atoms with Gasteiger partial charge in [0.15, 0.2) is 0 Å². The van der Waals surface area contributed by atoms with Gasteiger partial charge in [0.2, 0.25) is 0 Å². The first-order chi connectivity index (χ1) is 10.7. The van der Waals surface area contributed by atoms with E-state index < -0.39 is 0 Å². The molecule has 0 atom stereocenters. The van der Waals surface area contributed by atoms with Crippen molar-refractivity contribution in [1.29, 1.82) is 0 Å². The van der Waals surface area contributed by atoms with Crippen LogP contribution in [-0.2, 0) is 6.61 Å². The van der Waals surface area contributed by atoms with Gasteiger partial charge in [0.05, 0.1) is 12.0 Å². The summed E-state index contributed by atoms with van der Waals surface area (Å²) in [6, 6.07) is 6.14. The highest BCUT2D eigenvalue weighted by atomic mass is 16.3. The minimum absolute atomic E-state index is 0.0904. The Balaban J connectivity index is 1.98. The molecule has 0 saturated heterocycles. The van der Waals surface area contributed by atoms with Crippen LogP contribution < -0.4 is 11.5 Å². The Hall–Kier alpha value is -2.60. The summed E-state index contributed by atoms with van der Waals surface area (Å²) in [5.74, 6) is 0.474. The zero-order valence-electron chi connectivity index (χ0n) is 12.0. The summed E-state index contributed by atoms with van der Waals surface area (Å²) in [5.41, 5.74) is 16.1. The molecule has 22 heavy (non-hydrogen) atoms. The molecule has 0 aliphatic heterocycles. The Morgan fingerprint density at radius 1 is 1.23 bits per heavy atom. The van der Waals surface area contributed by atoms with E-state index in [0.717, 1.165) is 35.0 Å². The monoisotopic (exact) mass is 295 g/mol. The number of nitrogens with zero attached hydrogens (tertiary/aromatic N) is 3. The van der Waals surface area contributed by atoms with Gasteiger partial charge in [-0.2, -0.15) is 0 Å². The molecule has 0 unspecified atom stereocenters. The number of rotatable bonds is 3. The minimum atomic E-state index is -0.0904. The summed E-state index contributed by atoms with van der Waals surface area (Å²) in [6.07, 6.45) is 5.91. The Kier molecular flexibility index (Phi) is 2.80.